The topological polar surface area (TPSA) is 215 Å². The molecule has 16 heteroatoms. The predicted molar refractivity (Wildman–Crippen MR) is 211 cm³/mol. The van der Waals surface area contributed by atoms with Gasteiger partial charge in [-0.1, -0.05) is 103 Å². The Balaban J connectivity index is 1.20. The summed E-state index contributed by atoms with van der Waals surface area (Å²) in [6, 6.07) is 11.8. The number of nitriles is 2. The van der Waals surface area contributed by atoms with E-state index in [1.807, 2.05) is 12.1 Å². The number of phosphoric acid groups is 1. The summed E-state index contributed by atoms with van der Waals surface area (Å²) < 4.78 is 56.3. The van der Waals surface area contributed by atoms with Gasteiger partial charge in [-0.05, 0) is 36.8 Å². The number of hydrogen-bond donors (Lipinski definition) is 4. The molecule has 1 fully saturated rings. The van der Waals surface area contributed by atoms with Crippen LogP contribution in [0.1, 0.15) is 121 Å². The Morgan fingerprint density at radius 2 is 1.56 bits per heavy atom. The standard InChI is InChI=1S/C41H59FN5O9P/c1-2-3-4-5-6-7-8-9-10-11-12-13-14-15-16-17-22-52-27-34(55-33-24-31(26-43)23-32(42)25-33)28-53-57(50,51)54-29-37-39(48)40(49)41(30-44,56-37)38-19-18-36-35(45)20-21-46-47(36)38/h18-21,23-25,34,37,39-40,48-49H,2-17,22,27-29,45H2,1H3,(H,50,51)/t34-,37-,39-,40-,41+/m1/s1. The molecule has 6 atom stereocenters. The number of anilines is 1. The number of nitrogen functional groups attached to an aromatic ring is 1. The number of nitrogens with two attached hydrogens (primary N) is 1. The Bertz CT molecular complexity index is 1800. The van der Waals surface area contributed by atoms with Crippen molar-refractivity contribution < 1.29 is 47.3 Å². The van der Waals surface area contributed by atoms with Crippen molar-refractivity contribution in [2.75, 3.05) is 32.2 Å². The Labute approximate surface area is 335 Å². The number of benzene rings is 1. The van der Waals surface area contributed by atoms with Gasteiger partial charge in [-0.3, -0.25) is 9.05 Å². The van der Waals surface area contributed by atoms with Gasteiger partial charge < -0.3 is 35.1 Å². The highest BCUT2D eigenvalue weighted by molar-refractivity contribution is 7.47. The molecule has 3 heterocycles. The second-order valence-corrected chi connectivity index (χ2v) is 16.2. The van der Waals surface area contributed by atoms with E-state index in [4.69, 9.17) is 29.0 Å². The molecule has 0 spiro atoms. The molecule has 57 heavy (non-hydrogen) atoms. The molecule has 14 nitrogen and oxygen atoms in total. The summed E-state index contributed by atoms with van der Waals surface area (Å²) in [6.45, 7) is 1.29. The van der Waals surface area contributed by atoms with Crippen molar-refractivity contribution in [1.29, 1.82) is 10.5 Å². The summed E-state index contributed by atoms with van der Waals surface area (Å²) in [7, 11) is -4.86. The first kappa shape index (κ1) is 46.1. The molecular weight excluding hydrogens is 756 g/mol. The molecule has 0 radical (unpaired) electrons. The average molecular weight is 816 g/mol. The highest BCUT2D eigenvalue weighted by atomic mass is 31.2. The van der Waals surface area contributed by atoms with Gasteiger partial charge in [0.05, 0.1) is 48.4 Å². The van der Waals surface area contributed by atoms with E-state index < -0.39 is 56.9 Å². The highest BCUT2D eigenvalue weighted by Crippen LogP contribution is 2.46. The van der Waals surface area contributed by atoms with Gasteiger partial charge in [0.2, 0.25) is 5.60 Å². The molecule has 5 N–H and O–H groups in total. The van der Waals surface area contributed by atoms with Gasteiger partial charge in [0.15, 0.2) is 0 Å². The molecule has 1 saturated heterocycles. The van der Waals surface area contributed by atoms with Crippen molar-refractivity contribution in [3.05, 3.63) is 59.7 Å². The summed E-state index contributed by atoms with van der Waals surface area (Å²) >= 11 is 0. The molecule has 0 amide bonds. The minimum absolute atomic E-state index is 0.00156. The molecule has 1 aromatic carbocycles. The first-order chi connectivity index (χ1) is 27.5. The quantitative estimate of drug-likeness (QED) is 0.0410. The maximum atomic E-state index is 14.2. The smallest absolute Gasteiger partial charge is 0.472 e. The Morgan fingerprint density at radius 1 is 0.930 bits per heavy atom. The van der Waals surface area contributed by atoms with Crippen molar-refractivity contribution in [2.24, 2.45) is 0 Å². The lowest BCUT2D eigenvalue weighted by molar-refractivity contribution is -0.0651. The molecule has 0 bridgehead atoms. The zero-order valence-electron chi connectivity index (χ0n) is 33.0. The lowest BCUT2D eigenvalue weighted by Crippen LogP contribution is -2.41. The molecule has 1 aliphatic rings. The van der Waals surface area contributed by atoms with Gasteiger partial charge in [-0.2, -0.15) is 15.6 Å². The number of fused-ring (bicyclic) bond motifs is 1. The fourth-order valence-electron chi connectivity index (χ4n) is 6.99. The molecule has 4 rings (SSSR count). The molecule has 1 unspecified atom stereocenters. The molecule has 0 aliphatic carbocycles. The van der Waals surface area contributed by atoms with Crippen molar-refractivity contribution >= 4 is 19.0 Å². The Morgan fingerprint density at radius 3 is 2.18 bits per heavy atom. The second kappa shape index (κ2) is 23.7. The molecular formula is C41H59FN5O9P. The predicted octanol–water partition coefficient (Wildman–Crippen LogP) is 7.63. The van der Waals surface area contributed by atoms with Crippen LogP contribution in [0.3, 0.4) is 0 Å². The number of ether oxygens (including phenoxy) is 3. The van der Waals surface area contributed by atoms with Crippen LogP contribution in [0.2, 0.25) is 0 Å². The highest BCUT2D eigenvalue weighted by Gasteiger charge is 2.58. The fourth-order valence-corrected chi connectivity index (χ4v) is 7.75. The number of hydrogen-bond acceptors (Lipinski definition) is 12. The largest absolute Gasteiger partial charge is 0.485 e. The summed E-state index contributed by atoms with van der Waals surface area (Å²) in [5.41, 5.74) is 4.79. The van der Waals surface area contributed by atoms with Gasteiger partial charge in [0.25, 0.3) is 0 Å². The van der Waals surface area contributed by atoms with Crippen LogP contribution in [0.25, 0.3) is 5.52 Å². The van der Waals surface area contributed by atoms with Crippen LogP contribution >= 0.6 is 7.82 Å². The first-order valence-electron chi connectivity index (χ1n) is 20.3. The normalized spacial score (nSPS) is 20.9. The molecule has 0 saturated carbocycles. The summed E-state index contributed by atoms with van der Waals surface area (Å²) in [6.07, 6.45) is 15.4. The van der Waals surface area contributed by atoms with E-state index in [-0.39, 0.29) is 23.6 Å². The van der Waals surface area contributed by atoms with Crippen LogP contribution in [0.15, 0.2) is 42.6 Å². The minimum Gasteiger partial charge on any atom is -0.485 e. The van der Waals surface area contributed by atoms with Crippen molar-refractivity contribution in [3.8, 4) is 17.9 Å². The van der Waals surface area contributed by atoms with Gasteiger partial charge in [-0.25, -0.2) is 13.5 Å². The lowest BCUT2D eigenvalue weighted by Gasteiger charge is -2.24. The lowest BCUT2D eigenvalue weighted by atomic mass is 9.92. The number of halogens is 1. The van der Waals surface area contributed by atoms with E-state index in [9.17, 15) is 34.6 Å². The molecule has 2 aromatic heterocycles. The first-order valence-corrected chi connectivity index (χ1v) is 21.8. The minimum atomic E-state index is -4.86. The number of unbranched alkanes of at least 4 members (excludes halogenated alkanes) is 15. The van der Waals surface area contributed by atoms with Crippen LogP contribution in [0.4, 0.5) is 10.1 Å². The van der Waals surface area contributed by atoms with E-state index in [0.717, 1.165) is 31.4 Å². The number of phosphoric ester groups is 1. The van der Waals surface area contributed by atoms with Gasteiger partial charge in [0, 0.05) is 18.9 Å². The molecule has 3 aromatic rings. The molecule has 314 valence electrons. The van der Waals surface area contributed by atoms with E-state index >= 15 is 0 Å². The number of rotatable bonds is 28. The third kappa shape index (κ3) is 14.0. The summed E-state index contributed by atoms with van der Waals surface area (Å²) in [5, 5.41) is 45.4. The van der Waals surface area contributed by atoms with Crippen LogP contribution in [-0.2, 0) is 28.7 Å². The summed E-state index contributed by atoms with van der Waals surface area (Å²) in [5.74, 6) is -0.703. The van der Waals surface area contributed by atoms with Gasteiger partial charge in [-0.15, -0.1) is 0 Å². The number of aliphatic hydroxyl groups excluding tert-OH is 2. The third-order valence-corrected chi connectivity index (χ3v) is 11.1. The number of nitrogens with zero attached hydrogens (tertiary/aromatic N) is 4. The maximum Gasteiger partial charge on any atom is 0.472 e. The van der Waals surface area contributed by atoms with Gasteiger partial charge >= 0.3 is 7.82 Å². The van der Waals surface area contributed by atoms with Crippen molar-refractivity contribution in [1.82, 2.24) is 9.61 Å². The van der Waals surface area contributed by atoms with Crippen molar-refractivity contribution in [2.45, 2.75) is 140 Å². The number of aromatic nitrogens is 2. The maximum absolute atomic E-state index is 14.2. The molecule has 1 aliphatic heterocycles. The van der Waals surface area contributed by atoms with E-state index in [2.05, 4.69) is 12.0 Å². The average Bonchev–Trinajstić information content (AvgIpc) is 3.74. The Kier molecular flexibility index (Phi) is 19.1. The van der Waals surface area contributed by atoms with Crippen LogP contribution < -0.4 is 10.5 Å². The SMILES string of the molecule is CCCCCCCCCCCCCCCCCCOC[C@H](COP(=O)(O)OC[C@H]1O[C@@](C#N)(c2ccc3c(N)ccnn23)[C@H](O)[C@@H]1O)Oc1cc(F)cc(C#N)c1. The number of aliphatic hydroxyl groups is 2. The Hall–Kier alpha value is -3.63. The van der Waals surface area contributed by atoms with Crippen LogP contribution in [0, 0.1) is 28.5 Å². The van der Waals surface area contributed by atoms with Crippen LogP contribution in [-0.4, -0.2) is 75.6 Å². The van der Waals surface area contributed by atoms with E-state index in [1.165, 1.54) is 106 Å². The fraction of sp³-hybridized carbons (Fsp3) is 0.634. The summed E-state index contributed by atoms with van der Waals surface area (Å²) in [4.78, 5) is 10.6. The zero-order chi connectivity index (χ0) is 41.1. The second-order valence-electron chi connectivity index (χ2n) is 14.7. The van der Waals surface area contributed by atoms with Crippen LogP contribution in [0.5, 0.6) is 5.75 Å². The van der Waals surface area contributed by atoms with E-state index in [0.29, 0.717) is 17.8 Å². The monoisotopic (exact) mass is 815 g/mol. The van der Waals surface area contributed by atoms with Gasteiger partial charge in [0.1, 0.15) is 42.1 Å². The van der Waals surface area contributed by atoms with Crippen molar-refractivity contribution in [3.63, 3.8) is 0 Å². The zero-order valence-corrected chi connectivity index (χ0v) is 33.9. The third-order valence-electron chi connectivity index (χ3n) is 10.2. The van der Waals surface area contributed by atoms with E-state index in [1.54, 1.807) is 12.1 Å².